The minimum Gasteiger partial charge on any atom is -0.484 e. The maximum absolute atomic E-state index is 12.6. The second kappa shape index (κ2) is 11.6. The Balaban J connectivity index is 1.84. The molecule has 2 rings (SSSR count). The summed E-state index contributed by atoms with van der Waals surface area (Å²) in [5.74, 6) is -0.599. The molecule has 6 nitrogen and oxygen atoms in total. The predicted octanol–water partition coefficient (Wildman–Crippen LogP) is 3.97. The first-order valence-electron chi connectivity index (χ1n) is 9.56. The van der Waals surface area contributed by atoms with Gasteiger partial charge in [0.05, 0.1) is 12.5 Å². The molecule has 0 heterocycles. The fourth-order valence-corrected chi connectivity index (χ4v) is 2.72. The molecule has 0 fully saturated rings. The number of alkyl halides is 3. The SMILES string of the molecule is N#CCCN(C(=O)CCC(=O)NCc1cccc(OCC(F)(F)F)c1)c1ccccc1. The number of anilines is 1. The average Bonchev–Trinajstić information content (AvgIpc) is 2.75. The Morgan fingerprint density at radius 2 is 1.81 bits per heavy atom. The van der Waals surface area contributed by atoms with Crippen molar-refractivity contribution >= 4 is 17.5 Å². The fraction of sp³-hybridized carbons (Fsp3) is 0.318. The van der Waals surface area contributed by atoms with Crippen LogP contribution < -0.4 is 15.0 Å². The molecule has 31 heavy (non-hydrogen) atoms. The molecule has 0 spiro atoms. The number of rotatable bonds is 10. The molecular formula is C22H22F3N3O3. The van der Waals surface area contributed by atoms with Crippen molar-refractivity contribution in [3.63, 3.8) is 0 Å². The number of hydrogen-bond acceptors (Lipinski definition) is 4. The van der Waals surface area contributed by atoms with E-state index in [1.807, 2.05) is 12.1 Å². The molecule has 0 radical (unpaired) electrons. The van der Waals surface area contributed by atoms with Crippen LogP contribution in [0.3, 0.4) is 0 Å². The smallest absolute Gasteiger partial charge is 0.422 e. The van der Waals surface area contributed by atoms with Gasteiger partial charge in [-0.25, -0.2) is 0 Å². The van der Waals surface area contributed by atoms with E-state index in [0.29, 0.717) is 11.3 Å². The van der Waals surface area contributed by atoms with Gasteiger partial charge in [-0.2, -0.15) is 18.4 Å². The van der Waals surface area contributed by atoms with E-state index >= 15 is 0 Å². The van der Waals surface area contributed by atoms with Gasteiger partial charge < -0.3 is 15.0 Å². The van der Waals surface area contributed by atoms with Crippen molar-refractivity contribution in [3.8, 4) is 11.8 Å². The van der Waals surface area contributed by atoms with Crippen molar-refractivity contribution in [1.29, 1.82) is 5.26 Å². The molecular weight excluding hydrogens is 411 g/mol. The van der Waals surface area contributed by atoms with E-state index in [9.17, 15) is 22.8 Å². The number of halogens is 3. The van der Waals surface area contributed by atoms with Crippen molar-refractivity contribution in [2.75, 3.05) is 18.1 Å². The molecule has 0 saturated heterocycles. The minimum atomic E-state index is -4.43. The van der Waals surface area contributed by atoms with Crippen LogP contribution in [0.4, 0.5) is 18.9 Å². The van der Waals surface area contributed by atoms with Crippen LogP contribution in [0.25, 0.3) is 0 Å². The summed E-state index contributed by atoms with van der Waals surface area (Å²) in [5, 5.41) is 11.5. The van der Waals surface area contributed by atoms with Crippen molar-refractivity contribution in [3.05, 3.63) is 60.2 Å². The molecule has 0 aliphatic carbocycles. The maximum atomic E-state index is 12.6. The third-order valence-corrected chi connectivity index (χ3v) is 4.17. The first-order valence-corrected chi connectivity index (χ1v) is 9.56. The highest BCUT2D eigenvalue weighted by Gasteiger charge is 2.28. The van der Waals surface area contributed by atoms with Gasteiger partial charge in [0.25, 0.3) is 0 Å². The van der Waals surface area contributed by atoms with Gasteiger partial charge in [-0.05, 0) is 29.8 Å². The highest BCUT2D eigenvalue weighted by Crippen LogP contribution is 2.19. The molecule has 0 atom stereocenters. The Kier molecular flexibility index (Phi) is 8.88. The van der Waals surface area contributed by atoms with E-state index in [4.69, 9.17) is 5.26 Å². The van der Waals surface area contributed by atoms with E-state index in [2.05, 4.69) is 10.1 Å². The summed E-state index contributed by atoms with van der Waals surface area (Å²) in [4.78, 5) is 26.1. The Bertz CT molecular complexity index is 911. The number of carbonyl (C=O) groups excluding carboxylic acids is 2. The van der Waals surface area contributed by atoms with Crippen LogP contribution >= 0.6 is 0 Å². The molecule has 2 amide bonds. The highest BCUT2D eigenvalue weighted by molar-refractivity contribution is 5.95. The van der Waals surface area contributed by atoms with Gasteiger partial charge in [-0.1, -0.05) is 30.3 Å². The Morgan fingerprint density at radius 3 is 2.48 bits per heavy atom. The number of ether oxygens (including phenoxy) is 1. The Morgan fingerprint density at radius 1 is 1.06 bits per heavy atom. The van der Waals surface area contributed by atoms with Gasteiger partial charge in [0, 0.05) is 31.6 Å². The molecule has 0 unspecified atom stereocenters. The first-order chi connectivity index (χ1) is 14.8. The Hall–Kier alpha value is -3.54. The molecule has 2 aromatic rings. The summed E-state index contributed by atoms with van der Waals surface area (Å²) >= 11 is 0. The van der Waals surface area contributed by atoms with Gasteiger partial charge in [0.1, 0.15) is 5.75 Å². The van der Waals surface area contributed by atoms with Crippen LogP contribution in [-0.4, -0.2) is 31.1 Å². The van der Waals surface area contributed by atoms with Crippen LogP contribution in [0.1, 0.15) is 24.8 Å². The third-order valence-electron chi connectivity index (χ3n) is 4.17. The van der Waals surface area contributed by atoms with Crippen molar-refractivity contribution in [1.82, 2.24) is 5.32 Å². The zero-order chi connectivity index (χ0) is 22.7. The number of nitriles is 1. The number of para-hydroxylation sites is 1. The van der Waals surface area contributed by atoms with Gasteiger partial charge >= 0.3 is 6.18 Å². The van der Waals surface area contributed by atoms with Crippen LogP contribution in [0.15, 0.2) is 54.6 Å². The van der Waals surface area contributed by atoms with Crippen molar-refractivity contribution in [2.24, 2.45) is 0 Å². The normalized spacial score (nSPS) is 10.8. The van der Waals surface area contributed by atoms with Gasteiger partial charge in [-0.3, -0.25) is 9.59 Å². The minimum absolute atomic E-state index is 0.0408. The summed E-state index contributed by atoms with van der Waals surface area (Å²) in [5.41, 5.74) is 1.22. The van der Waals surface area contributed by atoms with Crippen molar-refractivity contribution < 1.29 is 27.5 Å². The van der Waals surface area contributed by atoms with Crippen LogP contribution in [0.2, 0.25) is 0 Å². The maximum Gasteiger partial charge on any atom is 0.422 e. The number of hydrogen-bond donors (Lipinski definition) is 1. The lowest BCUT2D eigenvalue weighted by molar-refractivity contribution is -0.153. The van der Waals surface area contributed by atoms with E-state index in [1.54, 1.807) is 30.3 Å². The monoisotopic (exact) mass is 433 g/mol. The van der Waals surface area contributed by atoms with Gasteiger partial charge in [-0.15, -0.1) is 0 Å². The molecule has 1 N–H and O–H groups in total. The number of nitrogens with zero attached hydrogens (tertiary/aromatic N) is 2. The Labute approximate surface area is 178 Å². The summed E-state index contributed by atoms with van der Waals surface area (Å²) in [6.45, 7) is -1.08. The second-order valence-electron chi connectivity index (χ2n) is 6.62. The molecule has 0 aliphatic rings. The lowest BCUT2D eigenvalue weighted by Gasteiger charge is -2.21. The molecule has 0 bridgehead atoms. The van der Waals surface area contributed by atoms with Crippen LogP contribution in [0.5, 0.6) is 5.75 Å². The lowest BCUT2D eigenvalue weighted by Crippen LogP contribution is -2.33. The van der Waals surface area contributed by atoms with E-state index in [1.165, 1.54) is 23.1 Å². The van der Waals surface area contributed by atoms with Crippen molar-refractivity contribution in [2.45, 2.75) is 32.0 Å². The molecule has 2 aromatic carbocycles. The number of carbonyl (C=O) groups is 2. The highest BCUT2D eigenvalue weighted by atomic mass is 19.4. The predicted molar refractivity (Wildman–Crippen MR) is 108 cm³/mol. The molecule has 9 heteroatoms. The summed E-state index contributed by atoms with van der Waals surface area (Å²) < 4.78 is 41.4. The first kappa shape index (κ1) is 23.7. The second-order valence-corrected chi connectivity index (χ2v) is 6.62. The molecule has 0 saturated carbocycles. The van der Waals surface area contributed by atoms with E-state index in [0.717, 1.165) is 0 Å². The number of benzene rings is 2. The molecule has 164 valence electrons. The van der Waals surface area contributed by atoms with E-state index < -0.39 is 12.8 Å². The number of nitrogens with one attached hydrogen (secondary N) is 1. The third kappa shape index (κ3) is 8.78. The van der Waals surface area contributed by atoms with Crippen LogP contribution in [0, 0.1) is 11.3 Å². The number of amides is 2. The zero-order valence-corrected chi connectivity index (χ0v) is 16.7. The largest absolute Gasteiger partial charge is 0.484 e. The van der Waals surface area contributed by atoms with Gasteiger partial charge in [0.2, 0.25) is 11.8 Å². The van der Waals surface area contributed by atoms with Crippen LogP contribution in [-0.2, 0) is 16.1 Å². The molecule has 0 aliphatic heterocycles. The molecule has 0 aromatic heterocycles. The quantitative estimate of drug-likeness (QED) is 0.615. The van der Waals surface area contributed by atoms with E-state index in [-0.39, 0.29) is 49.9 Å². The summed E-state index contributed by atoms with van der Waals surface area (Å²) in [6, 6.07) is 16.9. The average molecular weight is 433 g/mol. The van der Waals surface area contributed by atoms with Gasteiger partial charge in [0.15, 0.2) is 6.61 Å². The zero-order valence-electron chi connectivity index (χ0n) is 16.7. The summed E-state index contributed by atoms with van der Waals surface area (Å²) in [6.07, 6.45) is -4.36. The summed E-state index contributed by atoms with van der Waals surface area (Å²) in [7, 11) is 0. The lowest BCUT2D eigenvalue weighted by atomic mass is 10.2. The standard InChI is InChI=1S/C22H22F3N3O3/c23-22(24,25)16-31-19-9-4-6-17(14-19)15-27-20(29)10-11-21(30)28(13-5-12-26)18-7-2-1-3-8-18/h1-4,6-9,14H,5,10-11,13,15-16H2,(H,27,29). The topological polar surface area (TPSA) is 82.4 Å². The fourth-order valence-electron chi connectivity index (χ4n) is 2.72.